The first-order valence-corrected chi connectivity index (χ1v) is 6.35. The van der Waals surface area contributed by atoms with Crippen molar-refractivity contribution in [2.75, 3.05) is 18.0 Å². The van der Waals surface area contributed by atoms with Crippen LogP contribution in [-0.4, -0.2) is 30.1 Å². The van der Waals surface area contributed by atoms with E-state index < -0.39 is 5.97 Å². The molecule has 1 atom stereocenters. The number of anilines is 1. The first-order valence-electron chi connectivity index (χ1n) is 5.56. The Balaban J connectivity index is 2.18. The molecule has 1 unspecified atom stereocenters. The second kappa shape index (κ2) is 4.97. The van der Waals surface area contributed by atoms with Gasteiger partial charge in [-0.1, -0.05) is 0 Å². The molecular weight excluding hydrogens is 300 g/mol. The van der Waals surface area contributed by atoms with E-state index in [0.717, 1.165) is 18.7 Å². The number of benzene rings is 1. The molecule has 18 heavy (non-hydrogen) atoms. The molecule has 0 bridgehead atoms. The lowest BCUT2D eigenvalue weighted by Crippen LogP contribution is -2.27. The number of hydrogen-bond donors (Lipinski definition) is 2. The molecule has 0 spiro atoms. The van der Waals surface area contributed by atoms with Crippen LogP contribution in [0, 0.1) is 5.92 Å². The van der Waals surface area contributed by atoms with Gasteiger partial charge in [0.25, 0.3) is 0 Å². The van der Waals surface area contributed by atoms with Crippen LogP contribution >= 0.6 is 15.9 Å². The fourth-order valence-corrected chi connectivity index (χ4v) is 2.64. The maximum atomic E-state index is 11.1. The first-order chi connectivity index (χ1) is 8.49. The van der Waals surface area contributed by atoms with Gasteiger partial charge in [0.1, 0.15) is 0 Å². The van der Waals surface area contributed by atoms with Crippen LogP contribution in [0.3, 0.4) is 0 Å². The summed E-state index contributed by atoms with van der Waals surface area (Å²) in [5.41, 5.74) is 6.40. The van der Waals surface area contributed by atoms with Crippen molar-refractivity contribution in [3.63, 3.8) is 0 Å². The molecule has 1 fully saturated rings. The summed E-state index contributed by atoms with van der Waals surface area (Å²) >= 11 is 3.24. The summed E-state index contributed by atoms with van der Waals surface area (Å²) in [5.74, 6) is -1.37. The maximum absolute atomic E-state index is 11.1. The van der Waals surface area contributed by atoms with Crippen molar-refractivity contribution >= 4 is 33.5 Å². The number of amides is 1. The highest BCUT2D eigenvalue weighted by molar-refractivity contribution is 9.10. The fraction of sp³-hybridized carbons (Fsp3) is 0.333. The lowest BCUT2D eigenvalue weighted by Gasteiger charge is -2.18. The number of hydrogen-bond acceptors (Lipinski definition) is 3. The number of carbonyl (C=O) groups excluding carboxylic acids is 1. The molecule has 6 heteroatoms. The van der Waals surface area contributed by atoms with Crippen molar-refractivity contribution in [3.8, 4) is 0 Å². The average molecular weight is 313 g/mol. The number of carboxylic acids is 1. The summed E-state index contributed by atoms with van der Waals surface area (Å²) in [5, 5.41) is 8.93. The van der Waals surface area contributed by atoms with Crippen molar-refractivity contribution in [1.82, 2.24) is 0 Å². The Morgan fingerprint density at radius 1 is 1.44 bits per heavy atom. The Labute approximate surface area is 113 Å². The normalized spacial score (nSPS) is 18.9. The second-order valence-electron chi connectivity index (χ2n) is 4.30. The van der Waals surface area contributed by atoms with E-state index in [1.807, 2.05) is 4.90 Å². The zero-order chi connectivity index (χ0) is 13.3. The second-order valence-corrected chi connectivity index (χ2v) is 5.16. The van der Waals surface area contributed by atoms with Crippen molar-refractivity contribution < 1.29 is 14.7 Å². The first kappa shape index (κ1) is 12.9. The molecule has 0 radical (unpaired) electrons. The molecule has 2 rings (SSSR count). The van der Waals surface area contributed by atoms with Gasteiger partial charge < -0.3 is 15.7 Å². The molecule has 1 heterocycles. The molecule has 5 nitrogen and oxygen atoms in total. The molecule has 3 N–H and O–H groups in total. The van der Waals surface area contributed by atoms with Crippen LogP contribution in [0.25, 0.3) is 0 Å². The molecule has 1 aromatic carbocycles. The van der Waals surface area contributed by atoms with Crippen LogP contribution in [0.4, 0.5) is 5.69 Å². The Morgan fingerprint density at radius 2 is 2.17 bits per heavy atom. The molecule has 96 valence electrons. The lowest BCUT2D eigenvalue weighted by molar-refractivity contribution is -0.121. The monoisotopic (exact) mass is 312 g/mol. The number of aromatic carboxylic acids is 1. The van der Waals surface area contributed by atoms with Gasteiger partial charge in [-0.2, -0.15) is 0 Å². The van der Waals surface area contributed by atoms with E-state index in [1.165, 1.54) is 0 Å². The summed E-state index contributed by atoms with van der Waals surface area (Å²) in [6.07, 6.45) is 0.744. The van der Waals surface area contributed by atoms with Gasteiger partial charge in [0.2, 0.25) is 5.91 Å². The zero-order valence-corrected chi connectivity index (χ0v) is 11.2. The van der Waals surface area contributed by atoms with Crippen molar-refractivity contribution in [1.29, 1.82) is 0 Å². The van der Waals surface area contributed by atoms with Crippen molar-refractivity contribution in [2.45, 2.75) is 6.42 Å². The summed E-state index contributed by atoms with van der Waals surface area (Å²) < 4.78 is 0.537. The molecule has 1 saturated heterocycles. The molecule has 0 aliphatic carbocycles. The lowest BCUT2D eigenvalue weighted by atomic mass is 10.1. The minimum absolute atomic E-state index is 0.122. The Bertz CT molecular complexity index is 504. The number of carboxylic acid groups (broad SMARTS) is 1. The summed E-state index contributed by atoms with van der Waals surface area (Å²) in [6, 6.07) is 5.06. The summed E-state index contributed by atoms with van der Waals surface area (Å²) in [4.78, 5) is 24.0. The van der Waals surface area contributed by atoms with Crippen molar-refractivity contribution in [3.05, 3.63) is 28.2 Å². The van der Waals surface area contributed by atoms with Gasteiger partial charge in [-0.3, -0.25) is 4.79 Å². The molecular formula is C12H13BrN2O3. The number of primary amides is 1. The SMILES string of the molecule is NC(=O)C1CCN(c2ccc(C(=O)O)c(Br)c2)C1. The Kier molecular flexibility index (Phi) is 3.56. The van der Waals surface area contributed by atoms with Gasteiger partial charge in [-0.05, 0) is 40.5 Å². The third-order valence-corrected chi connectivity index (χ3v) is 3.79. The Hall–Kier alpha value is -1.56. The van der Waals surface area contributed by atoms with Crippen LogP contribution in [0.5, 0.6) is 0 Å². The zero-order valence-electron chi connectivity index (χ0n) is 9.60. The number of halogens is 1. The van der Waals surface area contributed by atoms with Crippen LogP contribution < -0.4 is 10.6 Å². The van der Waals surface area contributed by atoms with Gasteiger partial charge in [0.15, 0.2) is 0 Å². The third-order valence-electron chi connectivity index (χ3n) is 3.14. The van der Waals surface area contributed by atoms with E-state index in [1.54, 1.807) is 18.2 Å². The van der Waals surface area contributed by atoms with Gasteiger partial charge in [-0.15, -0.1) is 0 Å². The highest BCUT2D eigenvalue weighted by atomic mass is 79.9. The summed E-state index contributed by atoms with van der Waals surface area (Å²) in [7, 11) is 0. The van der Waals surface area contributed by atoms with Gasteiger partial charge in [-0.25, -0.2) is 4.79 Å². The number of carbonyl (C=O) groups is 2. The molecule has 1 amide bonds. The highest BCUT2D eigenvalue weighted by Crippen LogP contribution is 2.28. The highest BCUT2D eigenvalue weighted by Gasteiger charge is 2.27. The minimum Gasteiger partial charge on any atom is -0.478 e. The predicted molar refractivity (Wildman–Crippen MR) is 70.6 cm³/mol. The van der Waals surface area contributed by atoms with E-state index in [4.69, 9.17) is 10.8 Å². The predicted octanol–water partition coefficient (Wildman–Crippen LogP) is 1.46. The third kappa shape index (κ3) is 2.48. The number of nitrogens with two attached hydrogens (primary N) is 1. The van der Waals surface area contributed by atoms with E-state index in [0.29, 0.717) is 11.0 Å². The quantitative estimate of drug-likeness (QED) is 0.885. The van der Waals surface area contributed by atoms with Crippen LogP contribution in [0.1, 0.15) is 16.8 Å². The molecule has 1 aromatic rings. The van der Waals surface area contributed by atoms with Gasteiger partial charge >= 0.3 is 5.97 Å². The van der Waals surface area contributed by atoms with Gasteiger partial charge in [0, 0.05) is 23.2 Å². The van der Waals surface area contributed by atoms with Crippen LogP contribution in [0.15, 0.2) is 22.7 Å². The smallest absolute Gasteiger partial charge is 0.336 e. The molecule has 1 aliphatic heterocycles. The maximum Gasteiger partial charge on any atom is 0.336 e. The average Bonchev–Trinajstić information content (AvgIpc) is 2.77. The van der Waals surface area contributed by atoms with E-state index in [9.17, 15) is 9.59 Å². The van der Waals surface area contributed by atoms with Crippen LogP contribution in [0.2, 0.25) is 0 Å². The number of rotatable bonds is 3. The number of nitrogens with zero attached hydrogens (tertiary/aromatic N) is 1. The molecule has 0 saturated carbocycles. The van der Waals surface area contributed by atoms with Gasteiger partial charge in [0.05, 0.1) is 11.5 Å². The minimum atomic E-state index is -0.968. The largest absolute Gasteiger partial charge is 0.478 e. The standard InChI is InChI=1S/C12H13BrN2O3/c13-10-5-8(1-2-9(10)12(17)18)15-4-3-7(6-15)11(14)16/h1-2,5,7H,3-4,6H2,(H2,14,16)(H,17,18). The van der Waals surface area contributed by atoms with Crippen molar-refractivity contribution in [2.24, 2.45) is 11.7 Å². The van der Waals surface area contributed by atoms with Crippen LogP contribution in [-0.2, 0) is 4.79 Å². The molecule has 1 aliphatic rings. The topological polar surface area (TPSA) is 83.6 Å². The fourth-order valence-electron chi connectivity index (χ4n) is 2.10. The summed E-state index contributed by atoms with van der Waals surface area (Å²) in [6.45, 7) is 1.35. The van der Waals surface area contributed by atoms with E-state index in [-0.39, 0.29) is 17.4 Å². The molecule has 0 aromatic heterocycles. The Morgan fingerprint density at radius 3 is 2.67 bits per heavy atom. The van der Waals surface area contributed by atoms with E-state index in [2.05, 4.69) is 15.9 Å². The van der Waals surface area contributed by atoms with E-state index >= 15 is 0 Å².